The van der Waals surface area contributed by atoms with Gasteiger partial charge in [0.2, 0.25) is 0 Å². The zero-order chi connectivity index (χ0) is 19.8. The van der Waals surface area contributed by atoms with E-state index in [0.717, 1.165) is 15.2 Å². The first-order chi connectivity index (χ1) is 12.6. The topological polar surface area (TPSA) is 98.1 Å². The number of hydrogen-bond donors (Lipinski definition) is 1. The molecule has 0 unspecified atom stereocenters. The van der Waals surface area contributed by atoms with Crippen LogP contribution in [0.25, 0.3) is 0 Å². The third kappa shape index (κ3) is 3.88. The quantitative estimate of drug-likeness (QED) is 0.704. The average Bonchev–Trinajstić information content (AvgIpc) is 2.96. The summed E-state index contributed by atoms with van der Waals surface area (Å²) in [6.07, 6.45) is 0. The van der Waals surface area contributed by atoms with E-state index in [0.29, 0.717) is 0 Å². The summed E-state index contributed by atoms with van der Waals surface area (Å²) in [7, 11) is -7.79. The summed E-state index contributed by atoms with van der Waals surface area (Å²) in [5, 5.41) is 3.95. The van der Waals surface area contributed by atoms with Crippen molar-refractivity contribution in [3.8, 4) is 0 Å². The number of benzene rings is 2. The Morgan fingerprint density at radius 2 is 1.26 bits per heavy atom. The second-order valence-electron chi connectivity index (χ2n) is 6.25. The van der Waals surface area contributed by atoms with Gasteiger partial charge in [0.05, 0.1) is 15.5 Å². The third-order valence-corrected chi connectivity index (χ3v) is 7.03. The summed E-state index contributed by atoms with van der Waals surface area (Å²) in [5.41, 5.74) is 2.15. The number of hydrogen-bond acceptors (Lipinski definition) is 5. The minimum Gasteiger partial charge on any atom is -0.262 e. The fourth-order valence-electron chi connectivity index (χ4n) is 2.48. The third-order valence-electron chi connectivity index (χ3n) is 3.96. The van der Waals surface area contributed by atoms with Crippen molar-refractivity contribution in [1.82, 2.24) is 9.19 Å². The van der Waals surface area contributed by atoms with Crippen LogP contribution < -0.4 is 4.72 Å². The van der Waals surface area contributed by atoms with Gasteiger partial charge in [-0.1, -0.05) is 35.4 Å². The Hall–Kier alpha value is -2.65. The Morgan fingerprint density at radius 3 is 1.78 bits per heavy atom. The first-order valence-electron chi connectivity index (χ1n) is 8.08. The smallest absolute Gasteiger partial charge is 0.262 e. The molecule has 9 heteroatoms. The predicted molar refractivity (Wildman–Crippen MR) is 103 cm³/mol. The van der Waals surface area contributed by atoms with Crippen LogP contribution in [0.5, 0.6) is 0 Å². The molecule has 0 fully saturated rings. The van der Waals surface area contributed by atoms with Crippen molar-refractivity contribution in [3.05, 3.63) is 71.4 Å². The molecule has 0 bridgehead atoms. The fraction of sp³-hybridized carbons (Fsp3) is 0.167. The second-order valence-corrected chi connectivity index (χ2v) is 9.70. The van der Waals surface area contributed by atoms with E-state index < -0.39 is 20.0 Å². The van der Waals surface area contributed by atoms with Gasteiger partial charge in [-0.05, 0) is 45.0 Å². The average molecular weight is 406 g/mol. The molecule has 142 valence electrons. The van der Waals surface area contributed by atoms with Crippen molar-refractivity contribution in [2.75, 3.05) is 4.72 Å². The number of sulfonamides is 1. The molecular formula is C18H19N3O4S2. The molecule has 0 aliphatic heterocycles. The van der Waals surface area contributed by atoms with Crippen molar-refractivity contribution >= 4 is 25.9 Å². The van der Waals surface area contributed by atoms with E-state index >= 15 is 0 Å². The van der Waals surface area contributed by atoms with Crippen LogP contribution in [0.2, 0.25) is 0 Å². The van der Waals surface area contributed by atoms with E-state index in [1.807, 2.05) is 13.8 Å². The van der Waals surface area contributed by atoms with Gasteiger partial charge in [0.1, 0.15) is 0 Å². The summed E-state index contributed by atoms with van der Waals surface area (Å²) in [4.78, 5) is 0.147. The SMILES string of the molecule is Cc1ccc(S(=O)(=O)Nc2cc(C)n(S(=O)(=O)c3ccc(C)cc3)n2)cc1. The van der Waals surface area contributed by atoms with Crippen molar-refractivity contribution in [2.45, 2.75) is 30.6 Å². The lowest BCUT2D eigenvalue weighted by Crippen LogP contribution is -2.17. The molecule has 3 rings (SSSR count). The van der Waals surface area contributed by atoms with Gasteiger partial charge in [0, 0.05) is 6.07 Å². The number of nitrogens with one attached hydrogen (secondary N) is 1. The molecular weight excluding hydrogens is 386 g/mol. The first kappa shape index (κ1) is 19.1. The van der Waals surface area contributed by atoms with Gasteiger partial charge >= 0.3 is 0 Å². The van der Waals surface area contributed by atoms with Gasteiger partial charge in [-0.3, -0.25) is 4.72 Å². The van der Waals surface area contributed by atoms with Gasteiger partial charge in [-0.15, -0.1) is 5.10 Å². The second kappa shape index (κ2) is 6.82. The Kier molecular flexibility index (Phi) is 4.83. The molecule has 0 saturated carbocycles. The monoisotopic (exact) mass is 405 g/mol. The number of aryl methyl sites for hydroxylation is 3. The summed E-state index contributed by atoms with van der Waals surface area (Å²) in [6.45, 7) is 5.25. The van der Waals surface area contributed by atoms with Gasteiger partial charge in [-0.25, -0.2) is 8.42 Å². The Labute approximate surface area is 158 Å². The summed E-state index contributed by atoms with van der Waals surface area (Å²) < 4.78 is 53.7. The molecule has 0 amide bonds. The zero-order valence-electron chi connectivity index (χ0n) is 15.0. The highest BCUT2D eigenvalue weighted by Gasteiger charge is 2.23. The van der Waals surface area contributed by atoms with Crippen LogP contribution in [0.4, 0.5) is 5.82 Å². The van der Waals surface area contributed by atoms with Gasteiger partial charge in [0.25, 0.3) is 20.0 Å². The molecule has 1 heterocycles. The highest BCUT2D eigenvalue weighted by Crippen LogP contribution is 2.21. The van der Waals surface area contributed by atoms with Crippen molar-refractivity contribution < 1.29 is 16.8 Å². The molecule has 27 heavy (non-hydrogen) atoms. The van der Waals surface area contributed by atoms with Crippen LogP contribution in [-0.2, 0) is 20.0 Å². The van der Waals surface area contributed by atoms with Gasteiger partial charge < -0.3 is 0 Å². The maximum atomic E-state index is 12.8. The normalized spacial score (nSPS) is 12.1. The van der Waals surface area contributed by atoms with Crippen LogP contribution >= 0.6 is 0 Å². The number of rotatable bonds is 5. The minimum atomic E-state index is -3.92. The standard InChI is InChI=1S/C18H19N3O4S2/c1-13-4-8-16(9-5-13)26(22,23)20-18-12-15(3)21(19-18)27(24,25)17-10-6-14(2)7-11-17/h4-12H,1-3H3,(H,19,20). The minimum absolute atomic E-state index is 0.0660. The van der Waals surface area contributed by atoms with E-state index in [2.05, 4.69) is 9.82 Å². The molecule has 1 aromatic heterocycles. The van der Waals surface area contributed by atoms with E-state index in [1.54, 1.807) is 31.2 Å². The van der Waals surface area contributed by atoms with Crippen molar-refractivity contribution in [1.29, 1.82) is 0 Å². The van der Waals surface area contributed by atoms with Crippen LogP contribution in [0.15, 0.2) is 64.4 Å². The highest BCUT2D eigenvalue weighted by molar-refractivity contribution is 7.92. The molecule has 0 radical (unpaired) electrons. The number of aromatic nitrogens is 2. The van der Waals surface area contributed by atoms with Gasteiger partial charge in [0.15, 0.2) is 5.82 Å². The van der Waals surface area contributed by atoms with E-state index in [9.17, 15) is 16.8 Å². The molecule has 0 saturated heterocycles. The predicted octanol–water partition coefficient (Wildman–Crippen LogP) is 2.85. The zero-order valence-corrected chi connectivity index (χ0v) is 16.7. The molecule has 0 spiro atoms. The molecule has 7 nitrogen and oxygen atoms in total. The lowest BCUT2D eigenvalue weighted by atomic mass is 10.2. The van der Waals surface area contributed by atoms with Crippen molar-refractivity contribution in [3.63, 3.8) is 0 Å². The van der Waals surface area contributed by atoms with E-state index in [-0.39, 0.29) is 21.3 Å². The molecule has 0 aliphatic carbocycles. The van der Waals surface area contributed by atoms with Gasteiger partial charge in [-0.2, -0.15) is 12.5 Å². The van der Waals surface area contributed by atoms with Crippen LogP contribution in [0, 0.1) is 20.8 Å². The largest absolute Gasteiger partial charge is 0.283 e. The van der Waals surface area contributed by atoms with Crippen LogP contribution in [0.1, 0.15) is 16.8 Å². The van der Waals surface area contributed by atoms with Crippen molar-refractivity contribution in [2.24, 2.45) is 0 Å². The lowest BCUT2D eigenvalue weighted by molar-refractivity contribution is 0.578. The molecule has 0 atom stereocenters. The molecule has 2 aromatic carbocycles. The highest BCUT2D eigenvalue weighted by atomic mass is 32.2. The van der Waals surface area contributed by atoms with Crippen LogP contribution in [0.3, 0.4) is 0 Å². The first-order valence-corrected chi connectivity index (χ1v) is 11.0. The fourth-order valence-corrected chi connectivity index (χ4v) is 4.77. The Balaban J connectivity index is 1.95. The maximum Gasteiger partial charge on any atom is 0.283 e. The molecule has 0 aliphatic rings. The number of anilines is 1. The number of nitrogens with zero attached hydrogens (tertiary/aromatic N) is 2. The maximum absolute atomic E-state index is 12.8. The Morgan fingerprint density at radius 1 is 0.778 bits per heavy atom. The Bertz CT molecular complexity index is 1180. The summed E-state index contributed by atoms with van der Waals surface area (Å²) in [5.74, 6) is -0.0660. The van der Waals surface area contributed by atoms with E-state index in [4.69, 9.17) is 0 Å². The lowest BCUT2D eigenvalue weighted by Gasteiger charge is -2.07. The van der Waals surface area contributed by atoms with E-state index in [1.165, 1.54) is 30.3 Å². The molecule has 1 N–H and O–H groups in total. The molecule has 3 aromatic rings. The van der Waals surface area contributed by atoms with Crippen LogP contribution in [-0.4, -0.2) is 26.0 Å². The summed E-state index contributed by atoms with van der Waals surface area (Å²) in [6, 6.07) is 14.0. The summed E-state index contributed by atoms with van der Waals surface area (Å²) >= 11 is 0.